The number of hydrogen-bond donors (Lipinski definition) is 1. The maximum absolute atomic E-state index is 11.2. The number of carbonyl (C=O) groups is 2. The molecular weight excluding hydrogens is 172 g/mol. The number of ketones is 1. The number of amides is 1. The molecule has 70 valence electrons. The summed E-state index contributed by atoms with van der Waals surface area (Å²) < 4.78 is 0. The van der Waals surface area contributed by atoms with Gasteiger partial charge < -0.3 is 10.0 Å². The largest absolute Gasteiger partial charge is 0.465 e. The van der Waals surface area contributed by atoms with Crippen molar-refractivity contribution in [2.75, 3.05) is 6.54 Å². The van der Waals surface area contributed by atoms with Crippen LogP contribution in [-0.2, 0) is 4.79 Å². The van der Waals surface area contributed by atoms with Crippen molar-refractivity contribution in [3.8, 4) is 6.07 Å². The topological polar surface area (TPSA) is 81.4 Å². The van der Waals surface area contributed by atoms with E-state index in [9.17, 15) is 9.59 Å². The van der Waals surface area contributed by atoms with Crippen LogP contribution >= 0.6 is 0 Å². The Hall–Kier alpha value is -1.57. The van der Waals surface area contributed by atoms with E-state index in [-0.39, 0.29) is 18.7 Å². The number of rotatable bonds is 0. The zero-order valence-electron chi connectivity index (χ0n) is 7.23. The summed E-state index contributed by atoms with van der Waals surface area (Å²) >= 11 is 0. The summed E-state index contributed by atoms with van der Waals surface area (Å²) in [5.41, 5.74) is 0. The minimum atomic E-state index is -1.07. The van der Waals surface area contributed by atoms with Crippen molar-refractivity contribution in [1.82, 2.24) is 4.90 Å². The number of carboxylic acid groups (broad SMARTS) is 1. The van der Waals surface area contributed by atoms with Crippen molar-refractivity contribution >= 4 is 11.9 Å². The molecule has 13 heavy (non-hydrogen) atoms. The Bertz CT molecular complexity index is 282. The molecule has 0 bridgehead atoms. The molecule has 1 rings (SSSR count). The van der Waals surface area contributed by atoms with Crippen LogP contribution in [0.4, 0.5) is 4.79 Å². The Morgan fingerprint density at radius 1 is 1.77 bits per heavy atom. The smallest absolute Gasteiger partial charge is 0.407 e. The molecule has 2 atom stereocenters. The van der Waals surface area contributed by atoms with Gasteiger partial charge in [-0.25, -0.2) is 4.79 Å². The molecule has 1 unspecified atom stereocenters. The monoisotopic (exact) mass is 182 g/mol. The molecule has 1 amide bonds. The maximum atomic E-state index is 11.2. The van der Waals surface area contributed by atoms with Crippen molar-refractivity contribution in [3.05, 3.63) is 0 Å². The second-order valence-corrected chi connectivity index (χ2v) is 3.04. The minimum Gasteiger partial charge on any atom is -0.465 e. The van der Waals surface area contributed by atoms with Crippen molar-refractivity contribution < 1.29 is 14.7 Å². The van der Waals surface area contributed by atoms with Crippen molar-refractivity contribution in [2.24, 2.45) is 5.92 Å². The lowest BCUT2D eigenvalue weighted by molar-refractivity contribution is -0.125. The summed E-state index contributed by atoms with van der Waals surface area (Å²) in [5.74, 6) is -0.961. The number of hydrogen-bond acceptors (Lipinski definition) is 3. The van der Waals surface area contributed by atoms with Gasteiger partial charge in [-0.2, -0.15) is 5.26 Å². The summed E-state index contributed by atoms with van der Waals surface area (Å²) in [6.07, 6.45) is -0.922. The van der Waals surface area contributed by atoms with Gasteiger partial charge in [0.2, 0.25) is 0 Å². The number of piperidine rings is 1. The fourth-order valence-electron chi connectivity index (χ4n) is 1.49. The molecule has 1 fully saturated rings. The highest BCUT2D eigenvalue weighted by atomic mass is 16.4. The van der Waals surface area contributed by atoms with Gasteiger partial charge in [0.1, 0.15) is 5.92 Å². The van der Waals surface area contributed by atoms with E-state index in [0.29, 0.717) is 0 Å². The summed E-state index contributed by atoms with van der Waals surface area (Å²) in [4.78, 5) is 22.9. The van der Waals surface area contributed by atoms with Crippen LogP contribution in [0.5, 0.6) is 0 Å². The molecule has 1 N–H and O–H groups in total. The van der Waals surface area contributed by atoms with Crippen LogP contribution in [0.3, 0.4) is 0 Å². The first-order valence-corrected chi connectivity index (χ1v) is 4.00. The molecular formula is C8H10N2O3. The number of carbonyl (C=O) groups excluding carboxylic acids is 1. The van der Waals surface area contributed by atoms with E-state index in [2.05, 4.69) is 0 Å². The van der Waals surface area contributed by atoms with E-state index in [1.807, 2.05) is 6.07 Å². The van der Waals surface area contributed by atoms with Gasteiger partial charge in [0.05, 0.1) is 12.1 Å². The van der Waals surface area contributed by atoms with E-state index in [1.165, 1.54) is 0 Å². The summed E-state index contributed by atoms with van der Waals surface area (Å²) in [6.45, 7) is 1.78. The molecule has 0 spiro atoms. The Morgan fingerprint density at radius 3 is 2.85 bits per heavy atom. The van der Waals surface area contributed by atoms with Crippen LogP contribution in [0.15, 0.2) is 0 Å². The molecule has 5 nitrogen and oxygen atoms in total. The zero-order chi connectivity index (χ0) is 10.0. The standard InChI is InChI=1S/C8H10N2O3/c1-5-6(4-9)7(11)2-3-10(5)8(12)13/h5-6H,2-3H2,1H3,(H,12,13)/t5-,6?/m0/s1. The first kappa shape index (κ1) is 9.52. The van der Waals surface area contributed by atoms with Crippen molar-refractivity contribution in [1.29, 1.82) is 5.26 Å². The molecule has 1 heterocycles. The van der Waals surface area contributed by atoms with Crippen LogP contribution in [0, 0.1) is 17.2 Å². The van der Waals surface area contributed by atoms with Gasteiger partial charge in [0, 0.05) is 13.0 Å². The number of nitrogens with zero attached hydrogens (tertiary/aromatic N) is 2. The van der Waals surface area contributed by atoms with E-state index in [4.69, 9.17) is 10.4 Å². The normalized spacial score (nSPS) is 28.3. The number of Topliss-reactive ketones (excluding diaryl/α,β-unsaturated/α-hetero) is 1. The lowest BCUT2D eigenvalue weighted by Gasteiger charge is -2.33. The van der Waals surface area contributed by atoms with Crippen LogP contribution in [0.25, 0.3) is 0 Å². The second-order valence-electron chi connectivity index (χ2n) is 3.04. The zero-order valence-corrected chi connectivity index (χ0v) is 7.23. The third-order valence-corrected chi connectivity index (χ3v) is 2.30. The van der Waals surface area contributed by atoms with Gasteiger partial charge >= 0.3 is 6.09 Å². The second kappa shape index (κ2) is 3.44. The highest BCUT2D eigenvalue weighted by Crippen LogP contribution is 2.19. The van der Waals surface area contributed by atoms with Gasteiger partial charge in [-0.1, -0.05) is 0 Å². The molecule has 1 aliphatic rings. The van der Waals surface area contributed by atoms with Crippen LogP contribution in [-0.4, -0.2) is 34.5 Å². The predicted octanol–water partition coefficient (Wildman–Crippen LogP) is 0.467. The molecule has 0 aromatic rings. The molecule has 1 aliphatic heterocycles. The van der Waals surface area contributed by atoms with Crippen LogP contribution in [0.1, 0.15) is 13.3 Å². The van der Waals surface area contributed by atoms with Gasteiger partial charge in [-0.3, -0.25) is 4.79 Å². The Morgan fingerprint density at radius 2 is 2.38 bits per heavy atom. The molecule has 0 aliphatic carbocycles. The molecule has 0 radical (unpaired) electrons. The first-order valence-electron chi connectivity index (χ1n) is 4.00. The van der Waals surface area contributed by atoms with E-state index < -0.39 is 18.1 Å². The third-order valence-electron chi connectivity index (χ3n) is 2.30. The third kappa shape index (κ3) is 1.61. The summed E-state index contributed by atoms with van der Waals surface area (Å²) in [7, 11) is 0. The Balaban J connectivity index is 2.82. The SMILES string of the molecule is C[C@H]1C(C#N)C(=O)CCN1C(=O)O. The average molecular weight is 182 g/mol. The molecule has 0 aromatic heterocycles. The Kier molecular flexibility index (Phi) is 2.52. The average Bonchev–Trinajstić information content (AvgIpc) is 2.04. The van der Waals surface area contributed by atoms with Crippen LogP contribution < -0.4 is 0 Å². The molecule has 5 heteroatoms. The van der Waals surface area contributed by atoms with E-state index in [0.717, 1.165) is 4.90 Å². The van der Waals surface area contributed by atoms with E-state index in [1.54, 1.807) is 6.92 Å². The highest BCUT2D eigenvalue weighted by molar-refractivity contribution is 5.86. The molecule has 0 aromatic carbocycles. The number of nitriles is 1. The van der Waals surface area contributed by atoms with Gasteiger partial charge in [0.15, 0.2) is 5.78 Å². The predicted molar refractivity (Wildman–Crippen MR) is 42.9 cm³/mol. The fourth-order valence-corrected chi connectivity index (χ4v) is 1.49. The van der Waals surface area contributed by atoms with Crippen molar-refractivity contribution in [3.63, 3.8) is 0 Å². The van der Waals surface area contributed by atoms with Gasteiger partial charge in [0.25, 0.3) is 0 Å². The summed E-state index contributed by atoms with van der Waals surface area (Å²) in [6, 6.07) is 1.31. The highest BCUT2D eigenvalue weighted by Gasteiger charge is 2.36. The maximum Gasteiger partial charge on any atom is 0.407 e. The lowest BCUT2D eigenvalue weighted by Crippen LogP contribution is -2.49. The number of likely N-dealkylation sites (tertiary alicyclic amines) is 1. The molecule has 0 saturated carbocycles. The molecule has 1 saturated heterocycles. The fraction of sp³-hybridized carbons (Fsp3) is 0.625. The van der Waals surface area contributed by atoms with Gasteiger partial charge in [-0.15, -0.1) is 0 Å². The van der Waals surface area contributed by atoms with Crippen molar-refractivity contribution in [2.45, 2.75) is 19.4 Å². The lowest BCUT2D eigenvalue weighted by atomic mass is 9.90. The first-order chi connectivity index (χ1) is 6.07. The van der Waals surface area contributed by atoms with Gasteiger partial charge in [-0.05, 0) is 6.92 Å². The summed E-state index contributed by atoms with van der Waals surface area (Å²) in [5, 5.41) is 17.4. The quantitative estimate of drug-likeness (QED) is 0.590. The Labute approximate surface area is 75.6 Å². The minimum absolute atomic E-state index is 0.148. The van der Waals surface area contributed by atoms with E-state index >= 15 is 0 Å². The van der Waals surface area contributed by atoms with Crippen LogP contribution in [0.2, 0.25) is 0 Å².